The number of thiol groups is 1. The van der Waals surface area contributed by atoms with E-state index in [1.807, 2.05) is 17.1 Å². The molecule has 3 heterocycles. The number of amides is 2. The van der Waals surface area contributed by atoms with Gasteiger partial charge in [0.15, 0.2) is 0 Å². The molecule has 0 saturated carbocycles. The molecule has 1 fully saturated rings. The zero-order chi connectivity index (χ0) is 23.7. The topological polar surface area (TPSA) is 134 Å². The lowest BCUT2D eigenvalue weighted by Crippen LogP contribution is -2.42. The van der Waals surface area contributed by atoms with Crippen LogP contribution in [0, 0.1) is 5.92 Å². The summed E-state index contributed by atoms with van der Waals surface area (Å²) in [5.41, 5.74) is 7.90. The molecule has 1 unspecified atom stereocenters. The third kappa shape index (κ3) is 6.88. The van der Waals surface area contributed by atoms with Crippen LogP contribution in [0.4, 0.5) is 5.69 Å². The number of piperidine rings is 1. The first-order valence-corrected chi connectivity index (χ1v) is 10.8. The molecule has 4 N–H and O–H groups in total. The molecule has 0 aliphatic carbocycles. The Balaban J connectivity index is 0.000000233. The second-order valence-electron chi connectivity index (χ2n) is 7.57. The highest BCUT2D eigenvalue weighted by Crippen LogP contribution is 2.26. The number of carbonyl (C=O) groups excluding carboxylic acids is 2. The van der Waals surface area contributed by atoms with Crippen molar-refractivity contribution >= 4 is 41.7 Å². The maximum Gasteiger partial charge on any atom is 0.289 e. The van der Waals surface area contributed by atoms with Crippen molar-refractivity contribution in [1.29, 1.82) is 0 Å². The highest BCUT2D eigenvalue weighted by Gasteiger charge is 2.26. The van der Waals surface area contributed by atoms with Gasteiger partial charge in [-0.15, -0.1) is 0 Å². The van der Waals surface area contributed by atoms with Crippen LogP contribution in [0.25, 0.3) is 11.1 Å². The van der Waals surface area contributed by atoms with Crippen molar-refractivity contribution in [3.05, 3.63) is 58.7 Å². The summed E-state index contributed by atoms with van der Waals surface area (Å²) < 4.78 is 4.75. The number of likely N-dealkylation sites (tertiary alicyclic amines) is 1. The van der Waals surface area contributed by atoms with Gasteiger partial charge in [0.05, 0.1) is 17.9 Å². The summed E-state index contributed by atoms with van der Waals surface area (Å²) in [5.74, 6) is 0.854. The number of rotatable bonds is 6. The summed E-state index contributed by atoms with van der Waals surface area (Å²) in [6.45, 7) is 8.07. The fourth-order valence-corrected chi connectivity index (χ4v) is 3.52. The SMILES string of the molecule is C=C/C=C(\C=C(\N)CS)[C@H]1CCC(C)CN1C=O.CC(=O)Nc1cnc2o[nH]c(=O)c2c1. The number of aromatic amines is 1. The summed E-state index contributed by atoms with van der Waals surface area (Å²) >= 11 is 4.15. The minimum absolute atomic E-state index is 0.107. The monoisotopic (exact) mass is 459 g/mol. The number of hydrogen-bond donors (Lipinski definition) is 4. The van der Waals surface area contributed by atoms with Gasteiger partial charge in [-0.3, -0.25) is 14.4 Å². The number of hydrogen-bond acceptors (Lipinski definition) is 7. The number of nitrogens with zero attached hydrogens (tertiary/aromatic N) is 2. The minimum atomic E-state index is -0.361. The molecule has 1 aliphatic heterocycles. The Bertz CT molecular complexity index is 1070. The fourth-order valence-electron chi connectivity index (χ4n) is 3.43. The van der Waals surface area contributed by atoms with Crippen LogP contribution in [-0.4, -0.2) is 45.7 Å². The third-order valence-electron chi connectivity index (χ3n) is 4.88. The number of H-pyrrole nitrogens is 1. The minimum Gasteiger partial charge on any atom is -0.401 e. The van der Waals surface area contributed by atoms with Crippen LogP contribution in [0.3, 0.4) is 0 Å². The van der Waals surface area contributed by atoms with Crippen molar-refractivity contribution in [1.82, 2.24) is 15.0 Å². The van der Waals surface area contributed by atoms with E-state index in [1.165, 1.54) is 19.2 Å². The second-order valence-corrected chi connectivity index (χ2v) is 7.89. The Hall–Kier alpha value is -3.27. The summed E-state index contributed by atoms with van der Waals surface area (Å²) in [4.78, 5) is 38.7. The van der Waals surface area contributed by atoms with Crippen LogP contribution < -0.4 is 16.6 Å². The molecule has 2 aromatic heterocycles. The first kappa shape index (κ1) is 25.0. The van der Waals surface area contributed by atoms with E-state index >= 15 is 0 Å². The van der Waals surface area contributed by atoms with Crippen molar-refractivity contribution in [2.75, 3.05) is 17.6 Å². The number of aromatic nitrogens is 2. The number of carbonyl (C=O) groups is 2. The van der Waals surface area contributed by atoms with Gasteiger partial charge < -0.3 is 20.5 Å². The van der Waals surface area contributed by atoms with Crippen molar-refractivity contribution in [3.8, 4) is 0 Å². The van der Waals surface area contributed by atoms with E-state index in [0.29, 0.717) is 28.4 Å². The Morgan fingerprint density at radius 3 is 2.88 bits per heavy atom. The Labute approximate surface area is 191 Å². The predicted octanol–water partition coefficient (Wildman–Crippen LogP) is 2.60. The highest BCUT2D eigenvalue weighted by atomic mass is 32.1. The third-order valence-corrected chi connectivity index (χ3v) is 5.24. The molecular weight excluding hydrogens is 430 g/mol. The van der Waals surface area contributed by atoms with E-state index in [2.05, 4.69) is 41.6 Å². The lowest BCUT2D eigenvalue weighted by molar-refractivity contribution is -0.121. The normalized spacial score (nSPS) is 19.2. The molecule has 2 aromatic rings. The number of anilines is 1. The quantitative estimate of drug-likeness (QED) is 0.298. The van der Waals surface area contributed by atoms with Gasteiger partial charge in [-0.2, -0.15) is 17.8 Å². The molecule has 0 aromatic carbocycles. The molecule has 1 saturated heterocycles. The van der Waals surface area contributed by atoms with Crippen molar-refractivity contribution in [2.24, 2.45) is 11.7 Å². The molecule has 0 spiro atoms. The molecular formula is C22H29N5O4S. The van der Waals surface area contributed by atoms with Gasteiger partial charge in [0.2, 0.25) is 12.3 Å². The van der Waals surface area contributed by atoms with Crippen LogP contribution in [0.5, 0.6) is 0 Å². The molecule has 10 heteroatoms. The first-order chi connectivity index (χ1) is 15.3. The molecule has 32 heavy (non-hydrogen) atoms. The molecule has 2 atom stereocenters. The largest absolute Gasteiger partial charge is 0.401 e. The number of pyridine rings is 1. The van der Waals surface area contributed by atoms with Crippen LogP contribution in [0.2, 0.25) is 0 Å². The summed E-state index contributed by atoms with van der Waals surface area (Å²) in [6.07, 6.45) is 10.0. The van der Waals surface area contributed by atoms with Gasteiger partial charge in [-0.25, -0.2) is 4.98 Å². The van der Waals surface area contributed by atoms with E-state index in [1.54, 1.807) is 6.08 Å². The fraction of sp³-hybridized carbons (Fsp3) is 0.364. The standard InChI is InChI=1S/C14H22N2OS.C8H7N3O3/c1-3-4-12(7-13(15)9-18)14-6-5-11(2)8-16(14)10-17;1-4(12)10-5-2-6-7(13)11-14-8(6)9-3-5/h3-4,7,10-11,14,18H,1,5-6,8-9,15H2,2H3;2-3H,1H3,(H,10,12)(H,11,13)/b12-4+,13-7+;/t11?,14-;/m1./s1. The molecule has 172 valence electrons. The Kier molecular flexibility index (Phi) is 9.33. The van der Waals surface area contributed by atoms with Gasteiger partial charge in [-0.05, 0) is 36.5 Å². The van der Waals surface area contributed by atoms with E-state index < -0.39 is 0 Å². The smallest absolute Gasteiger partial charge is 0.289 e. The predicted molar refractivity (Wildman–Crippen MR) is 128 cm³/mol. The highest BCUT2D eigenvalue weighted by molar-refractivity contribution is 7.80. The number of nitrogens with two attached hydrogens (primary N) is 1. The van der Waals surface area contributed by atoms with Crippen LogP contribution in [0.1, 0.15) is 26.7 Å². The average molecular weight is 460 g/mol. The number of nitrogens with one attached hydrogen (secondary N) is 2. The second kappa shape index (κ2) is 11.9. The van der Waals surface area contributed by atoms with Gasteiger partial charge in [0.1, 0.15) is 5.39 Å². The maximum atomic E-state index is 11.2. The number of allylic oxidation sites excluding steroid dienone is 2. The van der Waals surface area contributed by atoms with Gasteiger partial charge >= 0.3 is 0 Å². The molecule has 2 amide bonds. The maximum absolute atomic E-state index is 11.2. The van der Waals surface area contributed by atoms with Gasteiger partial charge in [0, 0.05) is 24.9 Å². The van der Waals surface area contributed by atoms with Crippen molar-refractivity contribution < 1.29 is 14.1 Å². The Morgan fingerprint density at radius 1 is 1.50 bits per heavy atom. The lowest BCUT2D eigenvalue weighted by atomic mass is 9.89. The summed E-state index contributed by atoms with van der Waals surface area (Å²) in [6, 6.07) is 1.61. The van der Waals surface area contributed by atoms with Crippen LogP contribution in [0.15, 0.2) is 57.7 Å². The zero-order valence-electron chi connectivity index (χ0n) is 18.2. The van der Waals surface area contributed by atoms with Crippen LogP contribution in [-0.2, 0) is 9.59 Å². The number of fused-ring (bicyclic) bond motifs is 1. The first-order valence-electron chi connectivity index (χ1n) is 10.1. The summed E-state index contributed by atoms with van der Waals surface area (Å²) in [5, 5.41) is 4.99. The average Bonchev–Trinajstić information content (AvgIpc) is 3.13. The van der Waals surface area contributed by atoms with E-state index in [-0.39, 0.29) is 23.2 Å². The molecule has 0 radical (unpaired) electrons. The lowest BCUT2D eigenvalue weighted by Gasteiger charge is -2.37. The van der Waals surface area contributed by atoms with Gasteiger partial charge in [0.25, 0.3) is 11.3 Å². The van der Waals surface area contributed by atoms with Gasteiger partial charge in [-0.1, -0.05) is 25.7 Å². The Morgan fingerprint density at radius 2 is 2.25 bits per heavy atom. The molecule has 9 nitrogen and oxygen atoms in total. The van der Waals surface area contributed by atoms with Crippen molar-refractivity contribution in [2.45, 2.75) is 32.7 Å². The molecule has 3 rings (SSSR count). The molecule has 0 bridgehead atoms. The van der Waals surface area contributed by atoms with E-state index in [9.17, 15) is 14.4 Å². The summed E-state index contributed by atoms with van der Waals surface area (Å²) in [7, 11) is 0. The van der Waals surface area contributed by atoms with Crippen LogP contribution >= 0.6 is 12.6 Å². The van der Waals surface area contributed by atoms with E-state index in [0.717, 1.165) is 31.4 Å². The van der Waals surface area contributed by atoms with E-state index in [4.69, 9.17) is 10.3 Å². The molecule has 1 aliphatic rings. The zero-order valence-corrected chi connectivity index (χ0v) is 19.1. The van der Waals surface area contributed by atoms with Crippen molar-refractivity contribution in [3.63, 3.8) is 0 Å².